The Labute approximate surface area is 162 Å². The Balaban J connectivity index is 1.53. The predicted molar refractivity (Wildman–Crippen MR) is 99.1 cm³/mol. The molecule has 2 aliphatic heterocycles. The van der Waals surface area contributed by atoms with Gasteiger partial charge in [-0.2, -0.15) is 5.26 Å². The van der Waals surface area contributed by atoms with Crippen LogP contribution in [0.1, 0.15) is 34.6 Å². The number of piperidine rings is 1. The number of benzene rings is 1. The zero-order valence-electron chi connectivity index (χ0n) is 15.6. The number of likely N-dealkylation sites (tertiary alicyclic amines) is 1. The van der Waals surface area contributed by atoms with Gasteiger partial charge in [0, 0.05) is 50.9 Å². The first kappa shape index (κ1) is 18.2. The number of hydrogen-bond acceptors (Lipinski definition) is 5. The average molecular weight is 379 g/mol. The Morgan fingerprint density at radius 2 is 2.14 bits per heavy atom. The number of nitrogens with zero attached hydrogens (tertiary/aromatic N) is 4. The highest BCUT2D eigenvalue weighted by atomic mass is 16.5. The molecule has 0 aliphatic carbocycles. The average Bonchev–Trinajstić information content (AvgIpc) is 3.23. The zero-order chi connectivity index (χ0) is 19.7. The van der Waals surface area contributed by atoms with Gasteiger partial charge in [-0.15, -0.1) is 0 Å². The van der Waals surface area contributed by atoms with Gasteiger partial charge in [0.15, 0.2) is 6.10 Å². The normalized spacial score (nSPS) is 20.3. The van der Waals surface area contributed by atoms with Crippen LogP contribution in [0.4, 0.5) is 0 Å². The predicted octanol–water partition coefficient (Wildman–Crippen LogP) is 1.03. The third kappa shape index (κ3) is 3.04. The number of hydrogen-bond donors (Lipinski definition) is 1. The van der Waals surface area contributed by atoms with Crippen LogP contribution in [0.2, 0.25) is 0 Å². The van der Waals surface area contributed by atoms with Crippen molar-refractivity contribution in [1.29, 1.82) is 5.26 Å². The van der Waals surface area contributed by atoms with E-state index in [0.717, 1.165) is 5.82 Å². The van der Waals surface area contributed by atoms with Crippen LogP contribution < -0.4 is 5.32 Å². The number of aromatic nitrogens is 2. The highest BCUT2D eigenvalue weighted by Crippen LogP contribution is 2.40. The molecule has 0 radical (unpaired) electrons. The van der Waals surface area contributed by atoms with E-state index in [1.165, 1.54) is 0 Å². The fourth-order valence-electron chi connectivity index (χ4n) is 4.01. The van der Waals surface area contributed by atoms with Crippen LogP contribution in [0, 0.1) is 11.3 Å². The second-order valence-corrected chi connectivity index (χ2v) is 7.10. The summed E-state index contributed by atoms with van der Waals surface area (Å²) in [6, 6.07) is 8.78. The van der Waals surface area contributed by atoms with Gasteiger partial charge in [0.1, 0.15) is 11.4 Å². The molecule has 2 aliphatic rings. The standard InChI is InChI=1S/C20H21N5O3/c1-22-17(26)16-13-25-10-7-23-19(25)20(28-16)5-8-24(9-6-20)18(27)15-4-2-3-14(11-15)12-21/h2-4,7,10-11,16H,5-6,8-9,13H2,1H3,(H,22,26)/t16-/m0/s1. The van der Waals surface area contributed by atoms with E-state index >= 15 is 0 Å². The summed E-state index contributed by atoms with van der Waals surface area (Å²) in [6.07, 6.45) is 4.11. The molecule has 0 saturated carbocycles. The van der Waals surface area contributed by atoms with E-state index < -0.39 is 11.7 Å². The molecule has 2 aromatic rings. The lowest BCUT2D eigenvalue weighted by Gasteiger charge is -2.45. The monoisotopic (exact) mass is 379 g/mol. The Hall–Kier alpha value is -3.18. The minimum absolute atomic E-state index is 0.103. The van der Waals surface area contributed by atoms with Crippen molar-refractivity contribution in [2.75, 3.05) is 20.1 Å². The number of fused-ring (bicyclic) bond motifs is 2. The number of nitriles is 1. The molecular weight excluding hydrogens is 358 g/mol. The Morgan fingerprint density at radius 3 is 2.86 bits per heavy atom. The topological polar surface area (TPSA) is 100 Å². The van der Waals surface area contributed by atoms with Crippen molar-refractivity contribution in [2.24, 2.45) is 0 Å². The first-order valence-corrected chi connectivity index (χ1v) is 9.27. The van der Waals surface area contributed by atoms with Gasteiger partial charge in [0.05, 0.1) is 18.2 Å². The lowest BCUT2D eigenvalue weighted by Crippen LogP contribution is -2.54. The van der Waals surface area contributed by atoms with Crippen molar-refractivity contribution in [3.05, 3.63) is 53.6 Å². The molecule has 1 aromatic heterocycles. The molecule has 0 unspecified atom stereocenters. The summed E-state index contributed by atoms with van der Waals surface area (Å²) in [4.78, 5) is 31.3. The summed E-state index contributed by atoms with van der Waals surface area (Å²) in [5.41, 5.74) is 0.291. The molecule has 1 spiro atoms. The first-order chi connectivity index (χ1) is 13.6. The van der Waals surface area contributed by atoms with E-state index in [4.69, 9.17) is 10.00 Å². The van der Waals surface area contributed by atoms with Crippen molar-refractivity contribution in [3.8, 4) is 6.07 Å². The molecular formula is C20H21N5O3. The minimum Gasteiger partial charge on any atom is -0.357 e. The van der Waals surface area contributed by atoms with Gasteiger partial charge >= 0.3 is 0 Å². The maximum atomic E-state index is 12.8. The number of rotatable bonds is 2. The summed E-state index contributed by atoms with van der Waals surface area (Å²) >= 11 is 0. The summed E-state index contributed by atoms with van der Waals surface area (Å²) in [6.45, 7) is 1.41. The van der Waals surface area contributed by atoms with Crippen molar-refractivity contribution < 1.29 is 14.3 Å². The van der Waals surface area contributed by atoms with Crippen LogP contribution >= 0.6 is 0 Å². The zero-order valence-corrected chi connectivity index (χ0v) is 15.6. The second-order valence-electron chi connectivity index (χ2n) is 7.10. The minimum atomic E-state index is -0.676. The maximum absolute atomic E-state index is 12.8. The summed E-state index contributed by atoms with van der Waals surface area (Å²) < 4.78 is 8.22. The van der Waals surface area contributed by atoms with Crippen LogP contribution in [0.15, 0.2) is 36.7 Å². The van der Waals surface area contributed by atoms with Gasteiger partial charge in [0.25, 0.3) is 11.8 Å². The van der Waals surface area contributed by atoms with Gasteiger partial charge in [-0.1, -0.05) is 6.07 Å². The van der Waals surface area contributed by atoms with E-state index in [9.17, 15) is 9.59 Å². The van der Waals surface area contributed by atoms with Crippen molar-refractivity contribution >= 4 is 11.8 Å². The Bertz CT molecular complexity index is 953. The molecule has 1 N–H and O–H groups in total. The molecule has 144 valence electrons. The number of ether oxygens (including phenoxy) is 1. The van der Waals surface area contributed by atoms with E-state index in [0.29, 0.717) is 43.6 Å². The number of imidazole rings is 1. The number of carbonyl (C=O) groups is 2. The molecule has 1 atom stereocenters. The van der Waals surface area contributed by atoms with Crippen LogP contribution in [0.5, 0.6) is 0 Å². The Morgan fingerprint density at radius 1 is 1.36 bits per heavy atom. The fraction of sp³-hybridized carbons (Fsp3) is 0.400. The highest BCUT2D eigenvalue weighted by Gasteiger charge is 2.47. The van der Waals surface area contributed by atoms with Crippen LogP contribution in [0.25, 0.3) is 0 Å². The number of carbonyl (C=O) groups excluding carboxylic acids is 2. The third-order valence-electron chi connectivity index (χ3n) is 5.49. The van der Waals surface area contributed by atoms with Gasteiger partial charge in [-0.05, 0) is 18.2 Å². The Kier molecular flexibility index (Phi) is 4.61. The largest absolute Gasteiger partial charge is 0.357 e. The number of likely N-dealkylation sites (N-methyl/N-ethyl adjacent to an activating group) is 1. The molecule has 4 rings (SSSR count). The van der Waals surface area contributed by atoms with Gasteiger partial charge in [-0.3, -0.25) is 9.59 Å². The molecule has 8 heteroatoms. The van der Waals surface area contributed by atoms with Crippen molar-refractivity contribution in [1.82, 2.24) is 19.8 Å². The second kappa shape index (κ2) is 7.09. The smallest absolute Gasteiger partial charge is 0.253 e. The quantitative estimate of drug-likeness (QED) is 0.840. The molecule has 8 nitrogen and oxygen atoms in total. The molecule has 0 bridgehead atoms. The summed E-state index contributed by atoms with van der Waals surface area (Å²) in [5, 5.41) is 11.7. The van der Waals surface area contributed by atoms with E-state index in [-0.39, 0.29) is 11.8 Å². The summed E-state index contributed by atoms with van der Waals surface area (Å²) in [5.74, 6) is 0.547. The van der Waals surface area contributed by atoms with Gasteiger partial charge < -0.3 is 19.5 Å². The highest BCUT2D eigenvalue weighted by molar-refractivity contribution is 5.94. The van der Waals surface area contributed by atoms with Gasteiger partial charge in [0.2, 0.25) is 0 Å². The van der Waals surface area contributed by atoms with Crippen molar-refractivity contribution in [2.45, 2.75) is 31.1 Å². The fourth-order valence-corrected chi connectivity index (χ4v) is 4.01. The molecule has 1 saturated heterocycles. The van der Waals surface area contributed by atoms with Crippen LogP contribution in [-0.4, -0.2) is 52.5 Å². The molecule has 1 fully saturated rings. The van der Waals surface area contributed by atoms with Gasteiger partial charge in [-0.25, -0.2) is 4.98 Å². The lowest BCUT2D eigenvalue weighted by atomic mass is 9.88. The van der Waals surface area contributed by atoms with E-state index in [1.807, 2.05) is 10.8 Å². The van der Waals surface area contributed by atoms with E-state index in [2.05, 4.69) is 16.4 Å². The number of amides is 2. The first-order valence-electron chi connectivity index (χ1n) is 9.27. The maximum Gasteiger partial charge on any atom is 0.253 e. The van der Waals surface area contributed by atoms with Crippen LogP contribution in [-0.2, 0) is 21.7 Å². The number of nitrogens with one attached hydrogen (secondary N) is 1. The molecule has 1 aromatic carbocycles. The molecule has 3 heterocycles. The van der Waals surface area contributed by atoms with E-state index in [1.54, 1.807) is 42.4 Å². The lowest BCUT2D eigenvalue weighted by molar-refractivity contribution is -0.171. The molecule has 28 heavy (non-hydrogen) atoms. The molecule has 2 amide bonds. The SMILES string of the molecule is CNC(=O)[C@@H]1Cn2ccnc2C2(CCN(C(=O)c3cccc(C#N)c3)CC2)O1. The van der Waals surface area contributed by atoms with Crippen molar-refractivity contribution in [3.63, 3.8) is 0 Å². The third-order valence-corrected chi connectivity index (χ3v) is 5.49. The van der Waals surface area contributed by atoms with Crippen LogP contribution in [0.3, 0.4) is 0 Å². The summed E-state index contributed by atoms with van der Waals surface area (Å²) in [7, 11) is 1.60.